The summed E-state index contributed by atoms with van der Waals surface area (Å²) in [6.07, 6.45) is 4.76. The number of ether oxygens (including phenoxy) is 1. The first kappa shape index (κ1) is 6.62. The summed E-state index contributed by atoms with van der Waals surface area (Å²) in [5.41, 5.74) is 0. The highest BCUT2D eigenvalue weighted by atomic mass is 16.5. The van der Waals surface area contributed by atoms with Crippen molar-refractivity contribution in [3.05, 3.63) is 0 Å². The summed E-state index contributed by atoms with van der Waals surface area (Å²) in [7, 11) is 0. The summed E-state index contributed by atoms with van der Waals surface area (Å²) in [5, 5.41) is 9.50. The monoisotopic (exact) mass is 142 g/mol. The Morgan fingerprint density at radius 3 is 2.90 bits per heavy atom. The topological polar surface area (TPSA) is 29.5 Å². The average molecular weight is 142 g/mol. The number of hydrogen-bond donors (Lipinski definition) is 1. The Morgan fingerprint density at radius 2 is 2.10 bits per heavy atom. The summed E-state index contributed by atoms with van der Waals surface area (Å²) in [4.78, 5) is 0. The maximum atomic E-state index is 9.50. The van der Waals surface area contributed by atoms with Crippen LogP contribution >= 0.6 is 0 Å². The molecule has 3 atom stereocenters. The predicted octanol–water partition coefficient (Wildman–Crippen LogP) is 0.936. The van der Waals surface area contributed by atoms with Crippen LogP contribution < -0.4 is 0 Å². The van der Waals surface area contributed by atoms with E-state index in [0.29, 0.717) is 12.0 Å². The van der Waals surface area contributed by atoms with E-state index in [9.17, 15) is 5.11 Å². The van der Waals surface area contributed by atoms with Crippen molar-refractivity contribution in [2.24, 2.45) is 5.92 Å². The number of aliphatic hydroxyl groups excluding tert-OH is 1. The van der Waals surface area contributed by atoms with Gasteiger partial charge in [-0.15, -0.1) is 0 Å². The lowest BCUT2D eigenvalue weighted by Gasteiger charge is -2.30. The maximum absolute atomic E-state index is 9.50. The molecule has 2 nitrogen and oxygen atoms in total. The predicted molar refractivity (Wildman–Crippen MR) is 37.7 cm³/mol. The first-order valence-electron chi connectivity index (χ1n) is 4.17. The lowest BCUT2D eigenvalue weighted by atomic mass is 9.94. The highest BCUT2D eigenvalue weighted by Gasteiger charge is 2.36. The molecule has 1 aliphatic carbocycles. The van der Waals surface area contributed by atoms with Crippen LogP contribution in [-0.2, 0) is 4.74 Å². The molecular formula is C8H14O2. The summed E-state index contributed by atoms with van der Waals surface area (Å²) >= 11 is 0. The van der Waals surface area contributed by atoms with Crippen LogP contribution in [0.1, 0.15) is 25.7 Å². The molecule has 0 radical (unpaired) electrons. The lowest BCUT2D eigenvalue weighted by Crippen LogP contribution is -2.35. The second kappa shape index (κ2) is 2.51. The molecule has 2 aliphatic rings. The van der Waals surface area contributed by atoms with Crippen molar-refractivity contribution in [2.45, 2.75) is 37.9 Å². The van der Waals surface area contributed by atoms with Gasteiger partial charge in [0.15, 0.2) is 0 Å². The molecule has 10 heavy (non-hydrogen) atoms. The minimum atomic E-state index is -0.0683. The molecule has 2 fully saturated rings. The van der Waals surface area contributed by atoms with Crippen molar-refractivity contribution in [3.8, 4) is 0 Å². The fraction of sp³-hybridized carbons (Fsp3) is 1.00. The van der Waals surface area contributed by atoms with Crippen molar-refractivity contribution in [3.63, 3.8) is 0 Å². The molecule has 0 amide bonds. The molecular weight excluding hydrogens is 128 g/mol. The largest absolute Gasteiger partial charge is 0.393 e. The quantitative estimate of drug-likeness (QED) is 0.545. The van der Waals surface area contributed by atoms with Crippen molar-refractivity contribution in [2.75, 3.05) is 6.61 Å². The van der Waals surface area contributed by atoms with Gasteiger partial charge in [-0.3, -0.25) is 0 Å². The van der Waals surface area contributed by atoms with Gasteiger partial charge < -0.3 is 9.84 Å². The molecule has 0 aromatic rings. The van der Waals surface area contributed by atoms with Crippen LogP contribution in [0.3, 0.4) is 0 Å². The summed E-state index contributed by atoms with van der Waals surface area (Å²) in [6, 6.07) is 0. The van der Waals surface area contributed by atoms with E-state index in [-0.39, 0.29) is 6.10 Å². The molecule has 1 aliphatic heterocycles. The molecule has 58 valence electrons. The van der Waals surface area contributed by atoms with Gasteiger partial charge in [0.25, 0.3) is 0 Å². The first-order valence-corrected chi connectivity index (χ1v) is 4.17. The van der Waals surface area contributed by atoms with Gasteiger partial charge in [0.05, 0.1) is 12.2 Å². The molecule has 2 rings (SSSR count). The smallest absolute Gasteiger partial charge is 0.0628 e. The van der Waals surface area contributed by atoms with Crippen LogP contribution in [0.2, 0.25) is 0 Å². The highest BCUT2D eigenvalue weighted by Crippen LogP contribution is 2.34. The fourth-order valence-corrected chi connectivity index (χ4v) is 2.16. The van der Waals surface area contributed by atoms with Gasteiger partial charge in [-0.1, -0.05) is 6.42 Å². The number of rotatable bonds is 0. The van der Waals surface area contributed by atoms with E-state index < -0.39 is 0 Å². The Bertz CT molecular complexity index is 124. The normalized spacial score (nSPS) is 47.1. The maximum Gasteiger partial charge on any atom is 0.0628 e. The number of fused-ring (bicyclic) bond motifs is 1. The van der Waals surface area contributed by atoms with Gasteiger partial charge in [0, 0.05) is 12.5 Å². The van der Waals surface area contributed by atoms with E-state index in [0.717, 1.165) is 13.0 Å². The lowest BCUT2D eigenvalue weighted by molar-refractivity contribution is -0.0765. The minimum Gasteiger partial charge on any atom is -0.393 e. The van der Waals surface area contributed by atoms with Gasteiger partial charge in [-0.2, -0.15) is 0 Å². The van der Waals surface area contributed by atoms with Gasteiger partial charge in [0.1, 0.15) is 0 Å². The molecule has 1 saturated heterocycles. The summed E-state index contributed by atoms with van der Waals surface area (Å²) in [5.74, 6) is 0.466. The van der Waals surface area contributed by atoms with Gasteiger partial charge in [-0.25, -0.2) is 0 Å². The average Bonchev–Trinajstić information content (AvgIpc) is 2.36. The standard InChI is InChI=1S/C8H14O2/c9-7-4-5-10-8-3-1-2-6(7)8/h6-9H,1-5H2/t6-,7-,8+/m1/s1. The van der Waals surface area contributed by atoms with E-state index in [1.54, 1.807) is 0 Å². The molecule has 0 bridgehead atoms. The second-order valence-electron chi connectivity index (χ2n) is 3.36. The van der Waals surface area contributed by atoms with Crippen LogP contribution in [0.25, 0.3) is 0 Å². The van der Waals surface area contributed by atoms with Crippen LogP contribution in [-0.4, -0.2) is 23.9 Å². The molecule has 1 heterocycles. The molecule has 0 aromatic carbocycles. The SMILES string of the molecule is O[C@@H]1CCO[C@H]2CCC[C@H]12. The Balaban J connectivity index is 2.03. The molecule has 1 saturated carbocycles. The minimum absolute atomic E-state index is 0.0683. The van der Waals surface area contributed by atoms with Gasteiger partial charge >= 0.3 is 0 Å². The number of hydrogen-bond acceptors (Lipinski definition) is 2. The van der Waals surface area contributed by atoms with E-state index in [2.05, 4.69) is 0 Å². The first-order chi connectivity index (χ1) is 4.88. The molecule has 1 N–H and O–H groups in total. The van der Waals surface area contributed by atoms with Crippen LogP contribution in [0, 0.1) is 5.92 Å². The van der Waals surface area contributed by atoms with E-state index in [1.165, 1.54) is 19.3 Å². The van der Waals surface area contributed by atoms with E-state index >= 15 is 0 Å². The van der Waals surface area contributed by atoms with Crippen molar-refractivity contribution >= 4 is 0 Å². The number of aliphatic hydroxyl groups is 1. The van der Waals surface area contributed by atoms with Crippen LogP contribution in [0.15, 0.2) is 0 Å². The zero-order valence-corrected chi connectivity index (χ0v) is 6.12. The van der Waals surface area contributed by atoms with Crippen molar-refractivity contribution < 1.29 is 9.84 Å². The summed E-state index contributed by atoms with van der Waals surface area (Å²) in [6.45, 7) is 0.766. The zero-order chi connectivity index (χ0) is 6.97. The fourth-order valence-electron chi connectivity index (χ4n) is 2.16. The zero-order valence-electron chi connectivity index (χ0n) is 6.12. The Labute approximate surface area is 61.2 Å². The third kappa shape index (κ3) is 0.956. The van der Waals surface area contributed by atoms with Crippen LogP contribution in [0.4, 0.5) is 0 Å². The van der Waals surface area contributed by atoms with Crippen LogP contribution in [0.5, 0.6) is 0 Å². The third-order valence-electron chi connectivity index (χ3n) is 2.74. The van der Waals surface area contributed by atoms with Crippen molar-refractivity contribution in [1.29, 1.82) is 0 Å². The Morgan fingerprint density at radius 1 is 1.20 bits per heavy atom. The van der Waals surface area contributed by atoms with Gasteiger partial charge in [0.2, 0.25) is 0 Å². The highest BCUT2D eigenvalue weighted by molar-refractivity contribution is 4.86. The Hall–Kier alpha value is -0.0800. The van der Waals surface area contributed by atoms with E-state index in [4.69, 9.17) is 4.74 Å². The van der Waals surface area contributed by atoms with Gasteiger partial charge in [-0.05, 0) is 19.3 Å². The Kier molecular flexibility index (Phi) is 1.66. The van der Waals surface area contributed by atoms with E-state index in [1.807, 2.05) is 0 Å². The molecule has 2 heteroatoms. The molecule has 0 aromatic heterocycles. The second-order valence-corrected chi connectivity index (χ2v) is 3.36. The van der Waals surface area contributed by atoms with Crippen molar-refractivity contribution in [1.82, 2.24) is 0 Å². The third-order valence-corrected chi connectivity index (χ3v) is 2.74. The molecule has 0 unspecified atom stereocenters. The molecule has 0 spiro atoms. The summed E-state index contributed by atoms with van der Waals surface area (Å²) < 4.78 is 5.51.